The van der Waals surface area contributed by atoms with E-state index in [1.165, 1.54) is 16.7 Å². The number of nitrogens with zero attached hydrogens (tertiary/aromatic N) is 1. The van der Waals surface area contributed by atoms with Crippen molar-refractivity contribution in [2.24, 2.45) is 11.7 Å². The highest BCUT2D eigenvalue weighted by Gasteiger charge is 2.09. The molecule has 1 unspecified atom stereocenters. The van der Waals surface area contributed by atoms with Crippen LogP contribution < -0.4 is 5.73 Å². The average Bonchev–Trinajstić information content (AvgIpc) is 2.24. The van der Waals surface area contributed by atoms with E-state index in [9.17, 15) is 0 Å². The molecule has 1 aromatic rings. The molecule has 1 aromatic carbocycles. The van der Waals surface area contributed by atoms with Gasteiger partial charge >= 0.3 is 0 Å². The van der Waals surface area contributed by atoms with E-state index < -0.39 is 0 Å². The van der Waals surface area contributed by atoms with Crippen LogP contribution in [0.3, 0.4) is 0 Å². The van der Waals surface area contributed by atoms with Crippen molar-refractivity contribution in [3.8, 4) is 0 Å². The zero-order valence-electron chi connectivity index (χ0n) is 12.5. The van der Waals surface area contributed by atoms with Crippen LogP contribution in [-0.2, 0) is 6.54 Å². The van der Waals surface area contributed by atoms with Crippen molar-refractivity contribution in [1.29, 1.82) is 0 Å². The standard InChI is InChI=1S/C16H28N2/c1-12(2)16(17)6-7-18(5)11-15-9-13(3)8-14(4)10-15/h8-10,12,16H,6-7,11,17H2,1-5H3. The highest BCUT2D eigenvalue weighted by molar-refractivity contribution is 5.28. The number of hydrogen-bond donors (Lipinski definition) is 1. The van der Waals surface area contributed by atoms with Gasteiger partial charge in [0.25, 0.3) is 0 Å². The minimum atomic E-state index is 0.312. The molecule has 0 bridgehead atoms. The van der Waals surface area contributed by atoms with E-state index in [-0.39, 0.29) is 0 Å². The van der Waals surface area contributed by atoms with Crippen molar-refractivity contribution in [3.63, 3.8) is 0 Å². The van der Waals surface area contributed by atoms with Crippen molar-refractivity contribution in [2.45, 2.75) is 46.7 Å². The molecule has 2 heteroatoms. The minimum absolute atomic E-state index is 0.312. The van der Waals surface area contributed by atoms with Gasteiger partial charge in [0.1, 0.15) is 0 Å². The minimum Gasteiger partial charge on any atom is -0.327 e. The van der Waals surface area contributed by atoms with E-state index in [4.69, 9.17) is 5.73 Å². The van der Waals surface area contributed by atoms with Crippen molar-refractivity contribution in [1.82, 2.24) is 4.90 Å². The van der Waals surface area contributed by atoms with Gasteiger partial charge in [0, 0.05) is 12.6 Å². The summed E-state index contributed by atoms with van der Waals surface area (Å²) in [6.07, 6.45) is 1.07. The molecule has 18 heavy (non-hydrogen) atoms. The lowest BCUT2D eigenvalue weighted by Crippen LogP contribution is -2.31. The average molecular weight is 248 g/mol. The first kappa shape index (κ1) is 15.2. The number of benzene rings is 1. The molecular weight excluding hydrogens is 220 g/mol. The zero-order chi connectivity index (χ0) is 13.7. The van der Waals surface area contributed by atoms with Gasteiger partial charge in [-0.05, 0) is 45.3 Å². The molecule has 0 radical (unpaired) electrons. The van der Waals surface area contributed by atoms with E-state index in [0.717, 1.165) is 19.5 Å². The van der Waals surface area contributed by atoms with Gasteiger partial charge in [-0.15, -0.1) is 0 Å². The predicted octanol–water partition coefficient (Wildman–Crippen LogP) is 3.11. The van der Waals surface area contributed by atoms with Crippen LogP contribution in [-0.4, -0.2) is 24.5 Å². The molecule has 102 valence electrons. The third-order valence-electron chi connectivity index (χ3n) is 3.43. The molecule has 0 saturated carbocycles. The SMILES string of the molecule is Cc1cc(C)cc(CN(C)CCC(N)C(C)C)c1. The maximum absolute atomic E-state index is 6.08. The lowest BCUT2D eigenvalue weighted by molar-refractivity contribution is 0.296. The van der Waals surface area contributed by atoms with Gasteiger partial charge in [-0.25, -0.2) is 0 Å². The molecule has 1 atom stereocenters. The molecule has 0 aliphatic rings. The summed E-state index contributed by atoms with van der Waals surface area (Å²) in [6, 6.07) is 7.07. The Morgan fingerprint density at radius 3 is 2.17 bits per heavy atom. The Morgan fingerprint density at radius 2 is 1.67 bits per heavy atom. The molecule has 1 rings (SSSR count). The smallest absolute Gasteiger partial charge is 0.0230 e. The van der Waals surface area contributed by atoms with Gasteiger partial charge in [0.2, 0.25) is 0 Å². The van der Waals surface area contributed by atoms with Gasteiger partial charge in [0.05, 0.1) is 0 Å². The number of rotatable bonds is 6. The maximum Gasteiger partial charge on any atom is 0.0230 e. The Balaban J connectivity index is 2.46. The zero-order valence-corrected chi connectivity index (χ0v) is 12.5. The van der Waals surface area contributed by atoms with Crippen LogP contribution in [0.2, 0.25) is 0 Å². The van der Waals surface area contributed by atoms with Crippen LogP contribution in [0.15, 0.2) is 18.2 Å². The maximum atomic E-state index is 6.08. The van der Waals surface area contributed by atoms with Crippen LogP contribution in [0.4, 0.5) is 0 Å². The molecular formula is C16H28N2. The van der Waals surface area contributed by atoms with Gasteiger partial charge in [-0.3, -0.25) is 0 Å². The Kier molecular flexibility index (Phi) is 5.83. The van der Waals surface area contributed by atoms with Crippen molar-refractivity contribution in [2.75, 3.05) is 13.6 Å². The third-order valence-corrected chi connectivity index (χ3v) is 3.43. The molecule has 2 N–H and O–H groups in total. The highest BCUT2D eigenvalue weighted by atomic mass is 15.1. The van der Waals surface area contributed by atoms with Crippen LogP contribution in [0, 0.1) is 19.8 Å². The molecule has 0 spiro atoms. The molecule has 0 amide bonds. The number of nitrogens with two attached hydrogens (primary N) is 1. The fourth-order valence-corrected chi connectivity index (χ4v) is 2.25. The van der Waals surface area contributed by atoms with Crippen molar-refractivity contribution in [3.05, 3.63) is 34.9 Å². The number of hydrogen-bond acceptors (Lipinski definition) is 2. The van der Waals surface area contributed by atoms with Gasteiger partial charge in [-0.2, -0.15) is 0 Å². The normalized spacial score (nSPS) is 13.3. The highest BCUT2D eigenvalue weighted by Crippen LogP contribution is 2.11. The molecule has 0 saturated heterocycles. The van der Waals surface area contributed by atoms with E-state index >= 15 is 0 Å². The Bertz CT molecular complexity index is 351. The van der Waals surface area contributed by atoms with Crippen molar-refractivity contribution >= 4 is 0 Å². The summed E-state index contributed by atoms with van der Waals surface area (Å²) in [4.78, 5) is 2.36. The molecule has 0 aliphatic carbocycles. The van der Waals surface area contributed by atoms with Gasteiger partial charge < -0.3 is 10.6 Å². The Morgan fingerprint density at radius 1 is 1.11 bits per heavy atom. The van der Waals surface area contributed by atoms with E-state index in [1.54, 1.807) is 0 Å². The van der Waals surface area contributed by atoms with Crippen LogP contribution >= 0.6 is 0 Å². The fourth-order valence-electron chi connectivity index (χ4n) is 2.25. The quantitative estimate of drug-likeness (QED) is 0.838. The second kappa shape index (κ2) is 6.91. The van der Waals surface area contributed by atoms with Gasteiger partial charge in [0.15, 0.2) is 0 Å². The lowest BCUT2D eigenvalue weighted by Gasteiger charge is -2.21. The first-order chi connectivity index (χ1) is 8.38. The number of aryl methyl sites for hydroxylation is 2. The predicted molar refractivity (Wildman–Crippen MR) is 79.7 cm³/mol. The summed E-state index contributed by atoms with van der Waals surface area (Å²) in [5, 5.41) is 0. The fraction of sp³-hybridized carbons (Fsp3) is 0.625. The second-order valence-corrected chi connectivity index (χ2v) is 5.93. The third kappa shape index (κ3) is 5.19. The monoisotopic (exact) mass is 248 g/mol. The van der Waals surface area contributed by atoms with Crippen LogP contribution in [0.25, 0.3) is 0 Å². The Labute approximate surface area is 112 Å². The molecule has 2 nitrogen and oxygen atoms in total. The summed E-state index contributed by atoms with van der Waals surface area (Å²) < 4.78 is 0. The van der Waals surface area contributed by atoms with Crippen LogP contribution in [0.1, 0.15) is 37.0 Å². The van der Waals surface area contributed by atoms with E-state index in [0.29, 0.717) is 12.0 Å². The summed E-state index contributed by atoms with van der Waals surface area (Å²) in [5.74, 6) is 0.569. The summed E-state index contributed by atoms with van der Waals surface area (Å²) in [6.45, 7) is 10.8. The molecule has 0 heterocycles. The summed E-state index contributed by atoms with van der Waals surface area (Å²) in [7, 11) is 2.17. The molecule has 0 aliphatic heterocycles. The second-order valence-electron chi connectivity index (χ2n) is 5.93. The van der Waals surface area contributed by atoms with E-state index in [1.807, 2.05) is 0 Å². The summed E-state index contributed by atoms with van der Waals surface area (Å²) >= 11 is 0. The van der Waals surface area contributed by atoms with E-state index in [2.05, 4.69) is 57.8 Å². The molecule has 0 aromatic heterocycles. The topological polar surface area (TPSA) is 29.3 Å². The first-order valence-corrected chi connectivity index (χ1v) is 6.89. The van der Waals surface area contributed by atoms with Crippen LogP contribution in [0.5, 0.6) is 0 Å². The summed E-state index contributed by atoms with van der Waals surface area (Å²) in [5.41, 5.74) is 10.2. The largest absolute Gasteiger partial charge is 0.327 e. The van der Waals surface area contributed by atoms with Crippen molar-refractivity contribution < 1.29 is 0 Å². The Hall–Kier alpha value is -0.860. The van der Waals surface area contributed by atoms with Gasteiger partial charge in [-0.1, -0.05) is 43.2 Å². The first-order valence-electron chi connectivity index (χ1n) is 6.89. The molecule has 0 fully saturated rings. The lowest BCUT2D eigenvalue weighted by atomic mass is 10.0.